The Bertz CT molecular complexity index is 759. The van der Waals surface area contributed by atoms with Crippen LogP contribution >= 0.6 is 0 Å². The maximum absolute atomic E-state index is 12.3. The normalized spacial score (nSPS) is 10.1. The third-order valence-electron chi connectivity index (χ3n) is 3.81. The maximum atomic E-state index is 12.3. The van der Waals surface area contributed by atoms with Crippen molar-refractivity contribution >= 4 is 5.91 Å². The summed E-state index contributed by atoms with van der Waals surface area (Å²) in [5.74, 6) is 0.898. The number of rotatable bonds is 7. The molecule has 1 heterocycles. The molecule has 0 atom stereocenters. The quantitative estimate of drug-likeness (QED) is 0.848. The second kappa shape index (κ2) is 8.06. The average molecular weight is 327 g/mol. The molecule has 0 fully saturated rings. The van der Waals surface area contributed by atoms with Crippen molar-refractivity contribution in [3.05, 3.63) is 47.3 Å². The van der Waals surface area contributed by atoms with Gasteiger partial charge in [0.15, 0.2) is 11.5 Å². The monoisotopic (exact) mass is 327 g/mol. The summed E-state index contributed by atoms with van der Waals surface area (Å²) >= 11 is 0. The topological polar surface area (TPSA) is 76.3 Å². The molecule has 24 heavy (non-hydrogen) atoms. The minimum atomic E-state index is -0.193. The second-order valence-electron chi connectivity index (χ2n) is 5.28. The summed E-state index contributed by atoms with van der Waals surface area (Å²) in [6.45, 7) is 3.00. The molecule has 1 aromatic heterocycles. The van der Waals surface area contributed by atoms with Crippen LogP contribution < -0.4 is 14.8 Å². The molecule has 0 saturated heterocycles. The fourth-order valence-electron chi connectivity index (χ4n) is 2.51. The Kier molecular flexibility index (Phi) is 5.85. The molecule has 0 spiro atoms. The molecule has 6 heteroatoms. The molecule has 0 unspecified atom stereocenters. The highest BCUT2D eigenvalue weighted by molar-refractivity contribution is 5.94. The SMILES string of the molecule is COc1ccc(C(=O)NCc2ccc(C)n2CCC#N)cc1OC. The molecule has 126 valence electrons. The number of aryl methyl sites for hydroxylation is 1. The lowest BCUT2D eigenvalue weighted by Gasteiger charge is -2.12. The van der Waals surface area contributed by atoms with Crippen molar-refractivity contribution in [2.75, 3.05) is 14.2 Å². The number of ether oxygens (including phenoxy) is 2. The Balaban J connectivity index is 2.07. The van der Waals surface area contributed by atoms with Gasteiger partial charge in [0.05, 0.1) is 33.3 Å². The van der Waals surface area contributed by atoms with Gasteiger partial charge in [-0.25, -0.2) is 0 Å². The number of hydrogen-bond donors (Lipinski definition) is 1. The summed E-state index contributed by atoms with van der Waals surface area (Å²) in [5, 5.41) is 11.6. The van der Waals surface area contributed by atoms with Crippen LogP contribution in [0, 0.1) is 18.3 Å². The van der Waals surface area contributed by atoms with Gasteiger partial charge in [-0.3, -0.25) is 4.79 Å². The number of benzene rings is 1. The van der Waals surface area contributed by atoms with Gasteiger partial charge in [0, 0.05) is 23.5 Å². The van der Waals surface area contributed by atoms with E-state index in [0.717, 1.165) is 11.4 Å². The van der Waals surface area contributed by atoms with Crippen molar-refractivity contribution in [2.45, 2.75) is 26.4 Å². The van der Waals surface area contributed by atoms with Crippen LogP contribution in [0.2, 0.25) is 0 Å². The van der Waals surface area contributed by atoms with Crippen molar-refractivity contribution in [1.82, 2.24) is 9.88 Å². The third-order valence-corrected chi connectivity index (χ3v) is 3.81. The minimum Gasteiger partial charge on any atom is -0.493 e. The summed E-state index contributed by atoms with van der Waals surface area (Å²) < 4.78 is 12.4. The lowest BCUT2D eigenvalue weighted by Crippen LogP contribution is -2.24. The van der Waals surface area contributed by atoms with Gasteiger partial charge in [-0.05, 0) is 37.3 Å². The summed E-state index contributed by atoms with van der Waals surface area (Å²) in [5.41, 5.74) is 2.54. The van der Waals surface area contributed by atoms with Crippen LogP contribution in [0.1, 0.15) is 28.2 Å². The van der Waals surface area contributed by atoms with Crippen molar-refractivity contribution in [1.29, 1.82) is 5.26 Å². The zero-order valence-corrected chi connectivity index (χ0v) is 14.1. The first-order valence-corrected chi connectivity index (χ1v) is 7.63. The lowest BCUT2D eigenvalue weighted by atomic mass is 10.2. The predicted octanol–water partition coefficient (Wildman–Crippen LogP) is 2.66. The van der Waals surface area contributed by atoms with Crippen molar-refractivity contribution in [3.63, 3.8) is 0 Å². The molecule has 1 amide bonds. The van der Waals surface area contributed by atoms with Crippen molar-refractivity contribution in [2.24, 2.45) is 0 Å². The number of aromatic nitrogens is 1. The number of amides is 1. The zero-order valence-electron chi connectivity index (χ0n) is 14.1. The molecule has 0 bridgehead atoms. The fraction of sp³-hybridized carbons (Fsp3) is 0.333. The number of nitrogens with zero attached hydrogens (tertiary/aromatic N) is 2. The number of hydrogen-bond acceptors (Lipinski definition) is 4. The van der Waals surface area contributed by atoms with Gasteiger partial charge in [-0.1, -0.05) is 0 Å². The molecule has 6 nitrogen and oxygen atoms in total. The van der Waals surface area contributed by atoms with Crippen LogP contribution in [0.4, 0.5) is 0 Å². The summed E-state index contributed by atoms with van der Waals surface area (Å²) in [7, 11) is 3.08. The zero-order chi connectivity index (χ0) is 17.5. The van der Waals surface area contributed by atoms with Crippen LogP contribution in [-0.4, -0.2) is 24.7 Å². The molecule has 2 aromatic rings. The fourth-order valence-corrected chi connectivity index (χ4v) is 2.51. The van der Waals surface area contributed by atoms with E-state index in [1.165, 1.54) is 7.11 Å². The average Bonchev–Trinajstić information content (AvgIpc) is 2.96. The molecule has 1 N–H and O–H groups in total. The van der Waals surface area contributed by atoms with Crippen molar-refractivity contribution < 1.29 is 14.3 Å². The van der Waals surface area contributed by atoms with Gasteiger partial charge in [-0.15, -0.1) is 0 Å². The van der Waals surface area contributed by atoms with E-state index in [2.05, 4.69) is 11.4 Å². The number of methoxy groups -OCH3 is 2. The van der Waals surface area contributed by atoms with Gasteiger partial charge in [0.1, 0.15) is 0 Å². The lowest BCUT2D eigenvalue weighted by molar-refractivity contribution is 0.0949. The highest BCUT2D eigenvalue weighted by Crippen LogP contribution is 2.27. The first-order valence-electron chi connectivity index (χ1n) is 7.63. The Hall–Kier alpha value is -2.94. The van der Waals surface area contributed by atoms with Crippen LogP contribution in [0.5, 0.6) is 11.5 Å². The van der Waals surface area contributed by atoms with Gasteiger partial charge in [0.25, 0.3) is 5.91 Å². The van der Waals surface area contributed by atoms with Crippen LogP contribution in [0.25, 0.3) is 0 Å². The van der Waals surface area contributed by atoms with E-state index in [4.69, 9.17) is 14.7 Å². The molecule has 1 aromatic carbocycles. The molecule has 0 aliphatic heterocycles. The van der Waals surface area contributed by atoms with E-state index >= 15 is 0 Å². The minimum absolute atomic E-state index is 0.193. The standard InChI is InChI=1S/C18H21N3O3/c1-13-5-7-15(21(13)10-4-9-19)12-20-18(22)14-6-8-16(23-2)17(11-14)24-3/h5-8,11H,4,10,12H2,1-3H3,(H,20,22). The highest BCUT2D eigenvalue weighted by Gasteiger charge is 2.12. The summed E-state index contributed by atoms with van der Waals surface area (Å²) in [6, 6.07) is 11.1. The van der Waals surface area contributed by atoms with E-state index in [-0.39, 0.29) is 5.91 Å². The van der Waals surface area contributed by atoms with Gasteiger partial charge >= 0.3 is 0 Å². The van der Waals surface area contributed by atoms with E-state index < -0.39 is 0 Å². The Morgan fingerprint density at radius 1 is 1.21 bits per heavy atom. The van der Waals surface area contributed by atoms with E-state index in [1.54, 1.807) is 25.3 Å². The highest BCUT2D eigenvalue weighted by atomic mass is 16.5. The Morgan fingerprint density at radius 2 is 1.96 bits per heavy atom. The number of carbonyl (C=O) groups excluding carboxylic acids is 1. The van der Waals surface area contributed by atoms with Crippen molar-refractivity contribution in [3.8, 4) is 17.6 Å². The first-order chi connectivity index (χ1) is 11.6. The number of carbonyl (C=O) groups is 1. The van der Waals surface area contributed by atoms with E-state index in [1.807, 2.05) is 23.6 Å². The largest absolute Gasteiger partial charge is 0.493 e. The molecular weight excluding hydrogens is 306 g/mol. The molecule has 0 aliphatic rings. The van der Waals surface area contributed by atoms with Gasteiger partial charge in [-0.2, -0.15) is 5.26 Å². The third kappa shape index (κ3) is 3.87. The number of nitriles is 1. The van der Waals surface area contributed by atoms with Crippen LogP contribution in [0.15, 0.2) is 30.3 Å². The molecule has 0 radical (unpaired) electrons. The molecule has 0 saturated carbocycles. The summed E-state index contributed by atoms with van der Waals surface area (Å²) in [4.78, 5) is 12.3. The van der Waals surface area contributed by atoms with Crippen LogP contribution in [-0.2, 0) is 13.1 Å². The Morgan fingerprint density at radius 3 is 2.62 bits per heavy atom. The molecule has 0 aliphatic carbocycles. The second-order valence-corrected chi connectivity index (χ2v) is 5.28. The van der Waals surface area contributed by atoms with Gasteiger partial charge in [0.2, 0.25) is 0 Å². The maximum Gasteiger partial charge on any atom is 0.251 e. The predicted molar refractivity (Wildman–Crippen MR) is 90.1 cm³/mol. The van der Waals surface area contributed by atoms with E-state index in [9.17, 15) is 4.79 Å². The first kappa shape index (κ1) is 17.4. The van der Waals surface area contributed by atoms with Gasteiger partial charge < -0.3 is 19.4 Å². The Labute approximate surface area is 141 Å². The summed E-state index contributed by atoms with van der Waals surface area (Å²) in [6.07, 6.45) is 0.437. The van der Waals surface area contributed by atoms with E-state index in [0.29, 0.717) is 36.6 Å². The molecule has 2 rings (SSSR count). The van der Waals surface area contributed by atoms with Crippen LogP contribution in [0.3, 0.4) is 0 Å². The number of nitrogens with one attached hydrogen (secondary N) is 1. The molecular formula is C18H21N3O3. The smallest absolute Gasteiger partial charge is 0.251 e.